The summed E-state index contributed by atoms with van der Waals surface area (Å²) in [5, 5.41) is 26.1. The van der Waals surface area contributed by atoms with E-state index in [2.05, 4.69) is 5.32 Å². The molecule has 0 fully saturated rings. The van der Waals surface area contributed by atoms with Crippen LogP contribution in [-0.4, -0.2) is 32.1 Å². The number of aromatic carboxylic acids is 1. The van der Waals surface area contributed by atoms with E-state index in [1.807, 2.05) is 13.0 Å². The molecule has 0 saturated carbocycles. The number of halogens is 1. The van der Waals surface area contributed by atoms with Gasteiger partial charge in [-0.05, 0) is 79.1 Å². The number of ether oxygens (including phenoxy) is 1. The second-order valence-corrected chi connectivity index (χ2v) is 11.4. The SMILES string of the molecule is C[C@H](Cc1ccc(S(=O)(=O)c2ccc(Oc3ccccc3)cc2C(=O)[O-])cc1)NC[C@H](O)c1cccc(Cl)c1.[Na+]. The Kier molecular flexibility index (Phi) is 11.4. The van der Waals surface area contributed by atoms with Crippen LogP contribution in [0.5, 0.6) is 11.5 Å². The van der Waals surface area contributed by atoms with Gasteiger partial charge in [-0.2, -0.15) is 0 Å². The van der Waals surface area contributed by atoms with Crippen LogP contribution in [0.2, 0.25) is 5.02 Å². The third kappa shape index (κ3) is 8.17. The first-order valence-corrected chi connectivity index (χ1v) is 14.1. The number of carboxylic acids is 1. The van der Waals surface area contributed by atoms with Crippen LogP contribution in [0.25, 0.3) is 0 Å². The molecule has 0 spiro atoms. The topological polar surface area (TPSA) is 116 Å². The van der Waals surface area contributed by atoms with Crippen LogP contribution in [0.3, 0.4) is 0 Å². The molecule has 0 radical (unpaired) electrons. The molecule has 4 aromatic carbocycles. The van der Waals surface area contributed by atoms with Gasteiger partial charge in [0, 0.05) is 23.2 Å². The minimum atomic E-state index is -4.14. The summed E-state index contributed by atoms with van der Waals surface area (Å²) >= 11 is 5.99. The number of aliphatic hydroxyl groups is 1. The van der Waals surface area contributed by atoms with Gasteiger partial charge in [-0.1, -0.05) is 54.1 Å². The first-order chi connectivity index (χ1) is 18.6. The van der Waals surface area contributed by atoms with Crippen LogP contribution in [-0.2, 0) is 16.3 Å². The summed E-state index contributed by atoms with van der Waals surface area (Å²) < 4.78 is 32.3. The zero-order chi connectivity index (χ0) is 28.0. The van der Waals surface area contributed by atoms with Crippen molar-refractivity contribution in [1.29, 1.82) is 0 Å². The van der Waals surface area contributed by atoms with Crippen LogP contribution >= 0.6 is 11.6 Å². The first-order valence-electron chi connectivity index (χ1n) is 12.2. The van der Waals surface area contributed by atoms with E-state index in [-0.39, 0.29) is 51.1 Å². The van der Waals surface area contributed by atoms with Gasteiger partial charge in [0.05, 0.1) is 21.9 Å². The van der Waals surface area contributed by atoms with Gasteiger partial charge in [0.1, 0.15) is 11.5 Å². The molecule has 0 aliphatic carbocycles. The molecule has 0 amide bonds. The molecule has 0 aliphatic heterocycles. The quantitative estimate of drug-likeness (QED) is 0.256. The summed E-state index contributed by atoms with van der Waals surface area (Å²) in [6, 6.07) is 25.8. The van der Waals surface area contributed by atoms with Crippen LogP contribution in [0.1, 0.15) is 34.5 Å². The molecule has 7 nitrogen and oxygen atoms in total. The molecule has 4 rings (SSSR count). The van der Waals surface area contributed by atoms with Crippen molar-refractivity contribution in [2.45, 2.75) is 35.3 Å². The van der Waals surface area contributed by atoms with Crippen molar-refractivity contribution in [3.05, 3.63) is 119 Å². The zero-order valence-electron chi connectivity index (χ0n) is 22.1. The zero-order valence-corrected chi connectivity index (χ0v) is 25.7. The van der Waals surface area contributed by atoms with E-state index in [0.29, 0.717) is 29.3 Å². The fraction of sp³-hybridized carbons (Fsp3) is 0.167. The summed E-state index contributed by atoms with van der Waals surface area (Å²) in [5.74, 6) is -0.962. The Morgan fingerprint density at radius 2 is 1.65 bits per heavy atom. The van der Waals surface area contributed by atoms with Gasteiger partial charge in [-0.25, -0.2) is 8.42 Å². The summed E-state index contributed by atoms with van der Waals surface area (Å²) in [6.07, 6.45) is -0.139. The monoisotopic (exact) mass is 587 g/mol. The number of rotatable bonds is 11. The average Bonchev–Trinajstić information content (AvgIpc) is 2.92. The number of hydrogen-bond acceptors (Lipinski definition) is 7. The van der Waals surface area contributed by atoms with Crippen molar-refractivity contribution in [2.24, 2.45) is 0 Å². The van der Waals surface area contributed by atoms with Crippen LogP contribution < -0.4 is 44.7 Å². The Morgan fingerprint density at radius 1 is 0.950 bits per heavy atom. The van der Waals surface area contributed by atoms with Gasteiger partial charge in [0.2, 0.25) is 9.84 Å². The molecule has 2 N–H and O–H groups in total. The van der Waals surface area contributed by atoms with E-state index in [4.69, 9.17) is 16.3 Å². The Hall–Kier alpha value is -2.69. The summed E-state index contributed by atoms with van der Waals surface area (Å²) in [6.45, 7) is 2.28. The van der Waals surface area contributed by atoms with Crippen LogP contribution in [0.15, 0.2) is 107 Å². The number of benzene rings is 4. The van der Waals surface area contributed by atoms with Gasteiger partial charge in [0.25, 0.3) is 0 Å². The van der Waals surface area contributed by atoms with Crippen molar-refractivity contribution in [2.75, 3.05) is 6.54 Å². The normalized spacial score (nSPS) is 12.7. The molecule has 40 heavy (non-hydrogen) atoms. The standard InChI is InChI=1S/C30H28ClNO6S.Na/c1-20(32-19-28(33)22-6-5-7-23(31)17-22)16-21-10-13-26(14-11-21)39(36,37)29-15-12-25(18-27(29)30(34)35)38-24-8-3-2-4-9-24;/h2-15,17-18,20,28,32-33H,16,19H2,1H3,(H,34,35);/q;+1/p-1/t20-,28+;/m1./s1. The second kappa shape index (κ2) is 14.3. The number of carbonyl (C=O) groups excluding carboxylic acids is 1. The maximum atomic E-state index is 13.3. The maximum absolute atomic E-state index is 13.3. The molecule has 0 aromatic heterocycles. The molecule has 0 heterocycles. The van der Waals surface area contributed by atoms with Crippen molar-refractivity contribution in [3.8, 4) is 11.5 Å². The third-order valence-corrected chi connectivity index (χ3v) is 8.17. The first kappa shape index (κ1) is 31.8. The molecule has 0 saturated heterocycles. The maximum Gasteiger partial charge on any atom is 1.00 e. The van der Waals surface area contributed by atoms with Crippen LogP contribution in [0.4, 0.5) is 0 Å². The van der Waals surface area contributed by atoms with Crippen molar-refractivity contribution >= 4 is 27.4 Å². The number of sulfone groups is 1. The Morgan fingerprint density at radius 3 is 2.30 bits per heavy atom. The van der Waals surface area contributed by atoms with Crippen molar-refractivity contribution in [1.82, 2.24) is 5.32 Å². The fourth-order valence-corrected chi connectivity index (χ4v) is 5.72. The van der Waals surface area contributed by atoms with E-state index in [1.165, 1.54) is 24.3 Å². The van der Waals surface area contributed by atoms with Gasteiger partial charge >= 0.3 is 29.6 Å². The molecule has 0 bridgehead atoms. The molecule has 10 heteroatoms. The van der Waals surface area contributed by atoms with Crippen LogP contribution in [0, 0.1) is 0 Å². The Labute approximate surface area is 261 Å². The molecule has 202 valence electrons. The number of para-hydroxylation sites is 1. The number of carbonyl (C=O) groups is 1. The molecule has 0 unspecified atom stereocenters. The average molecular weight is 588 g/mol. The molecule has 4 aromatic rings. The predicted octanol–water partition coefficient (Wildman–Crippen LogP) is 1.59. The van der Waals surface area contributed by atoms with Crippen molar-refractivity contribution in [3.63, 3.8) is 0 Å². The summed E-state index contributed by atoms with van der Waals surface area (Å²) in [5.41, 5.74) is 1.11. The summed E-state index contributed by atoms with van der Waals surface area (Å²) in [4.78, 5) is 11.4. The molecular weight excluding hydrogens is 561 g/mol. The molecule has 2 atom stereocenters. The second-order valence-electron chi connectivity index (χ2n) is 9.09. The predicted molar refractivity (Wildman–Crippen MR) is 147 cm³/mol. The number of hydrogen-bond donors (Lipinski definition) is 2. The number of nitrogens with one attached hydrogen (secondary N) is 1. The third-order valence-electron chi connectivity index (χ3n) is 6.11. The Bertz CT molecular complexity index is 1550. The van der Waals surface area contributed by atoms with Gasteiger partial charge in [0.15, 0.2) is 0 Å². The van der Waals surface area contributed by atoms with E-state index in [1.54, 1.807) is 60.7 Å². The molecular formula is C30H27ClNNaO6S. The number of carboxylic acid groups (broad SMARTS) is 1. The van der Waals surface area contributed by atoms with E-state index >= 15 is 0 Å². The summed E-state index contributed by atoms with van der Waals surface area (Å²) in [7, 11) is -4.14. The van der Waals surface area contributed by atoms with Crippen molar-refractivity contribution < 1.29 is 57.7 Å². The minimum Gasteiger partial charge on any atom is -0.545 e. The van der Waals surface area contributed by atoms with Gasteiger partial charge < -0.3 is 25.1 Å². The smallest absolute Gasteiger partial charge is 0.545 e. The van der Waals surface area contributed by atoms with Gasteiger partial charge in [-0.15, -0.1) is 0 Å². The van der Waals surface area contributed by atoms with E-state index in [0.717, 1.165) is 11.6 Å². The Balaban J connectivity index is 0.00000441. The minimum absolute atomic E-state index is 0. The largest absolute Gasteiger partial charge is 1.00 e. The molecule has 0 aliphatic rings. The van der Waals surface area contributed by atoms with E-state index < -0.39 is 27.5 Å². The van der Waals surface area contributed by atoms with Gasteiger partial charge in [-0.3, -0.25) is 0 Å². The fourth-order valence-electron chi connectivity index (χ4n) is 4.09. The van der Waals surface area contributed by atoms with E-state index in [9.17, 15) is 23.4 Å². The number of aliphatic hydroxyl groups excluding tert-OH is 1.